The van der Waals surface area contributed by atoms with Gasteiger partial charge in [-0.2, -0.15) is 0 Å². The Kier molecular flexibility index (Phi) is 9.92. The third-order valence-electron chi connectivity index (χ3n) is 6.43. The third-order valence-corrected chi connectivity index (χ3v) is 6.43. The molecule has 0 saturated heterocycles. The molecule has 0 heterocycles. The zero-order chi connectivity index (χ0) is 25.9. The Labute approximate surface area is 213 Å². The van der Waals surface area contributed by atoms with Gasteiger partial charge in [0.1, 0.15) is 5.69 Å². The van der Waals surface area contributed by atoms with Crippen molar-refractivity contribution in [3.05, 3.63) is 71.2 Å². The molecule has 2 amide bonds. The molecule has 8 nitrogen and oxygen atoms in total. The minimum Gasteiger partial charge on any atom is -0.373 e. The Balaban J connectivity index is 1.84. The van der Waals surface area contributed by atoms with Gasteiger partial charge in [-0.25, -0.2) is 4.99 Å². The van der Waals surface area contributed by atoms with E-state index < -0.39 is 0 Å². The summed E-state index contributed by atoms with van der Waals surface area (Å²) in [5.74, 6) is -0.391. The lowest BCUT2D eigenvalue weighted by atomic mass is 9.93. The molecule has 2 aromatic carbocycles. The molecule has 190 valence electrons. The summed E-state index contributed by atoms with van der Waals surface area (Å²) in [6.45, 7) is 7.28. The number of hydrogen-bond donors (Lipinski definition) is 1. The van der Waals surface area contributed by atoms with E-state index in [2.05, 4.69) is 33.9 Å². The maximum atomic E-state index is 13.5. The molecule has 1 N–H and O–H groups in total. The van der Waals surface area contributed by atoms with Crippen LogP contribution in [0.3, 0.4) is 0 Å². The minimum atomic E-state index is -0.360. The molecule has 3 rings (SSSR count). The first-order valence-corrected chi connectivity index (χ1v) is 12.5. The summed E-state index contributed by atoms with van der Waals surface area (Å²) in [5.41, 5.74) is 2.66. The van der Waals surface area contributed by atoms with E-state index in [4.69, 9.17) is 0 Å². The van der Waals surface area contributed by atoms with E-state index in [0.29, 0.717) is 23.4 Å². The van der Waals surface area contributed by atoms with Crippen molar-refractivity contribution in [2.75, 3.05) is 25.0 Å². The molecule has 0 aromatic heterocycles. The van der Waals surface area contributed by atoms with Gasteiger partial charge < -0.3 is 15.1 Å². The number of carbonyl (C=O) groups excluding carboxylic acids is 2. The first kappa shape index (κ1) is 26.8. The summed E-state index contributed by atoms with van der Waals surface area (Å²) in [7, 11) is 1.98. The van der Waals surface area contributed by atoms with Crippen LogP contribution in [0.4, 0.5) is 17.1 Å². The van der Waals surface area contributed by atoms with Crippen molar-refractivity contribution in [2.45, 2.75) is 51.5 Å². The Hall–Kier alpha value is -3.81. The van der Waals surface area contributed by atoms with Crippen molar-refractivity contribution in [3.8, 4) is 0 Å². The lowest BCUT2D eigenvalue weighted by molar-refractivity contribution is 0.0663. The van der Waals surface area contributed by atoms with Crippen LogP contribution in [0.5, 0.6) is 0 Å². The van der Waals surface area contributed by atoms with Crippen molar-refractivity contribution in [1.29, 1.82) is 0 Å². The van der Waals surface area contributed by atoms with Gasteiger partial charge in [-0.05, 0) is 66.9 Å². The summed E-state index contributed by atoms with van der Waals surface area (Å²) in [6.07, 6.45) is 9.58. The van der Waals surface area contributed by atoms with E-state index in [0.717, 1.165) is 44.3 Å². The number of carbonyl (C=O) groups is 2. The van der Waals surface area contributed by atoms with Crippen molar-refractivity contribution < 1.29 is 9.59 Å². The highest BCUT2D eigenvalue weighted by Crippen LogP contribution is 2.31. The number of nitrogens with zero attached hydrogens (tertiary/aromatic N) is 4. The lowest BCUT2D eigenvalue weighted by Crippen LogP contribution is -2.41. The Morgan fingerprint density at radius 2 is 1.78 bits per heavy atom. The van der Waals surface area contributed by atoms with Crippen molar-refractivity contribution in [3.63, 3.8) is 0 Å². The zero-order valence-corrected chi connectivity index (χ0v) is 21.2. The number of anilines is 1. The quantitative estimate of drug-likeness (QED) is 0.182. The van der Waals surface area contributed by atoms with Crippen molar-refractivity contribution in [2.24, 2.45) is 10.2 Å². The number of rotatable bonds is 11. The highest BCUT2D eigenvalue weighted by molar-refractivity contribution is 6.01. The summed E-state index contributed by atoms with van der Waals surface area (Å²) in [4.78, 5) is 45.1. The normalized spacial score (nSPS) is 13.8. The highest BCUT2D eigenvalue weighted by atomic mass is 16.3. The van der Waals surface area contributed by atoms with E-state index in [1.165, 1.54) is 37.0 Å². The molecular formula is C28H35N5O3. The summed E-state index contributed by atoms with van der Waals surface area (Å²) in [6, 6.07) is 11.8. The number of aliphatic imine (C=N–C) groups is 1. The van der Waals surface area contributed by atoms with E-state index >= 15 is 0 Å². The van der Waals surface area contributed by atoms with Gasteiger partial charge in [0.2, 0.25) is 0 Å². The van der Waals surface area contributed by atoms with Crippen LogP contribution in [0, 0.1) is 4.91 Å². The topological polar surface area (TPSA) is 94.4 Å². The maximum absolute atomic E-state index is 13.5. The fourth-order valence-corrected chi connectivity index (χ4v) is 4.55. The van der Waals surface area contributed by atoms with Gasteiger partial charge in [0, 0.05) is 37.3 Å². The van der Waals surface area contributed by atoms with Crippen LogP contribution in [0.15, 0.2) is 65.3 Å². The van der Waals surface area contributed by atoms with E-state index in [9.17, 15) is 14.5 Å². The van der Waals surface area contributed by atoms with Gasteiger partial charge in [0.15, 0.2) is 0 Å². The fourth-order valence-electron chi connectivity index (χ4n) is 4.55. The Bertz CT molecular complexity index is 1090. The molecule has 1 fully saturated rings. The van der Waals surface area contributed by atoms with Crippen LogP contribution < -0.4 is 10.2 Å². The Morgan fingerprint density at radius 1 is 1.08 bits per heavy atom. The number of benzene rings is 2. The van der Waals surface area contributed by atoms with Gasteiger partial charge in [-0.15, -0.1) is 11.5 Å². The molecule has 1 saturated carbocycles. The van der Waals surface area contributed by atoms with Gasteiger partial charge in [0.05, 0.1) is 17.7 Å². The largest absolute Gasteiger partial charge is 0.373 e. The van der Waals surface area contributed by atoms with E-state index in [-0.39, 0.29) is 23.5 Å². The maximum Gasteiger partial charge on any atom is 0.256 e. The molecule has 8 heteroatoms. The summed E-state index contributed by atoms with van der Waals surface area (Å²) >= 11 is 0. The van der Waals surface area contributed by atoms with Crippen LogP contribution in [0.1, 0.15) is 66.2 Å². The molecule has 36 heavy (non-hydrogen) atoms. The SMILES string of the molecule is C=CCN(C(=O)c1ccc(N(C)CCC)c(N=CNC(=O)c2ccc(N=O)cc2)c1)C1CCCCC1. The molecule has 0 bridgehead atoms. The number of nitrogens with one attached hydrogen (secondary N) is 1. The molecule has 1 aliphatic rings. The predicted molar refractivity (Wildman–Crippen MR) is 146 cm³/mol. The molecule has 2 aromatic rings. The number of hydrogen-bond acceptors (Lipinski definition) is 6. The van der Waals surface area contributed by atoms with Crippen molar-refractivity contribution in [1.82, 2.24) is 10.2 Å². The van der Waals surface area contributed by atoms with Crippen LogP contribution in [0.25, 0.3) is 0 Å². The summed E-state index contributed by atoms with van der Waals surface area (Å²) < 4.78 is 0. The number of amides is 2. The van der Waals surface area contributed by atoms with Crippen molar-refractivity contribution >= 4 is 35.2 Å². The first-order valence-electron chi connectivity index (χ1n) is 12.5. The molecule has 0 unspecified atom stereocenters. The second kappa shape index (κ2) is 13.3. The molecule has 0 aliphatic heterocycles. The molecule has 1 aliphatic carbocycles. The van der Waals surface area contributed by atoms with Gasteiger partial charge in [-0.3, -0.25) is 9.59 Å². The van der Waals surface area contributed by atoms with Gasteiger partial charge >= 0.3 is 0 Å². The van der Waals surface area contributed by atoms with E-state index in [1.54, 1.807) is 12.1 Å². The second-order valence-electron chi connectivity index (χ2n) is 9.03. The summed E-state index contributed by atoms with van der Waals surface area (Å²) in [5, 5.41) is 5.50. The minimum absolute atomic E-state index is 0.0316. The molecule has 0 spiro atoms. The molecular weight excluding hydrogens is 454 g/mol. The van der Waals surface area contributed by atoms with Crippen LogP contribution in [0.2, 0.25) is 0 Å². The monoisotopic (exact) mass is 489 g/mol. The standard InChI is InChI=1S/C28H35N5O3/c1-4-17-32(3)26-16-13-22(28(35)33(18-5-2)24-9-7-6-8-10-24)19-25(26)29-20-30-27(34)21-11-14-23(31-36)15-12-21/h5,11-16,19-20,24H,2,4,6-10,17-18H2,1,3H3,(H,29,30,34). The Morgan fingerprint density at radius 3 is 2.42 bits per heavy atom. The molecule has 0 radical (unpaired) electrons. The predicted octanol–water partition coefficient (Wildman–Crippen LogP) is 5.98. The molecule has 0 atom stereocenters. The average Bonchev–Trinajstić information content (AvgIpc) is 2.92. The smallest absolute Gasteiger partial charge is 0.256 e. The first-order chi connectivity index (χ1) is 17.5. The lowest BCUT2D eigenvalue weighted by Gasteiger charge is -2.34. The van der Waals surface area contributed by atoms with Crippen LogP contribution in [-0.2, 0) is 0 Å². The number of nitroso groups, excluding NO2 is 1. The van der Waals surface area contributed by atoms with Gasteiger partial charge in [-0.1, -0.05) is 32.3 Å². The third kappa shape index (κ3) is 6.87. The van der Waals surface area contributed by atoms with Gasteiger partial charge in [0.25, 0.3) is 11.8 Å². The zero-order valence-electron chi connectivity index (χ0n) is 21.2. The van der Waals surface area contributed by atoms with Crippen LogP contribution in [-0.4, -0.2) is 49.2 Å². The second-order valence-corrected chi connectivity index (χ2v) is 9.03. The van der Waals surface area contributed by atoms with E-state index in [1.807, 2.05) is 24.1 Å². The fraction of sp³-hybridized carbons (Fsp3) is 0.393. The average molecular weight is 490 g/mol. The van der Waals surface area contributed by atoms with Crippen LogP contribution >= 0.6 is 0 Å². The highest BCUT2D eigenvalue weighted by Gasteiger charge is 2.26.